The lowest BCUT2D eigenvalue weighted by Gasteiger charge is -1.93. The molecule has 0 aliphatic heterocycles. The van der Waals surface area contributed by atoms with Gasteiger partial charge in [0.15, 0.2) is 0 Å². The summed E-state index contributed by atoms with van der Waals surface area (Å²) < 4.78 is 5.43. The van der Waals surface area contributed by atoms with Gasteiger partial charge in [-0.3, -0.25) is 0 Å². The van der Waals surface area contributed by atoms with Crippen LogP contribution >= 0.6 is 39.1 Å². The van der Waals surface area contributed by atoms with Crippen LogP contribution in [0.15, 0.2) is 18.2 Å². The van der Waals surface area contributed by atoms with Crippen molar-refractivity contribution < 1.29 is 0 Å². The van der Waals surface area contributed by atoms with Crippen molar-refractivity contribution in [3.8, 4) is 0 Å². The molecule has 0 bridgehead atoms. The van der Waals surface area contributed by atoms with E-state index in [9.17, 15) is 0 Å². The predicted molar refractivity (Wildman–Crippen MR) is 57.3 cm³/mol. The largest absolute Gasteiger partial charge is 0.196 e. The van der Waals surface area contributed by atoms with Crippen LogP contribution in [0.5, 0.6) is 0 Å². The highest BCUT2D eigenvalue weighted by Crippen LogP contribution is 2.30. The molecule has 62 valence electrons. The van der Waals surface area contributed by atoms with Crippen molar-refractivity contribution in [2.75, 3.05) is 0 Å². The van der Waals surface area contributed by atoms with E-state index in [1.165, 1.54) is 11.5 Å². The van der Waals surface area contributed by atoms with E-state index >= 15 is 0 Å². The van der Waals surface area contributed by atoms with Crippen molar-refractivity contribution in [3.63, 3.8) is 0 Å². The second-order valence-electron chi connectivity index (χ2n) is 2.38. The minimum atomic E-state index is 0.761. The van der Waals surface area contributed by atoms with Gasteiger partial charge in [0, 0.05) is 10.7 Å². The van der Waals surface area contributed by atoms with Crippen molar-refractivity contribution in [1.29, 1.82) is 0 Å². The minimum Gasteiger partial charge on any atom is -0.196 e. The van der Waals surface area contributed by atoms with Crippen LogP contribution in [0.2, 0.25) is 5.02 Å². The second kappa shape index (κ2) is 3.32. The molecule has 0 spiro atoms. The Balaban J connectivity index is 2.83. The number of halogens is 2. The average molecular weight is 263 g/mol. The molecule has 0 unspecified atom stereocenters. The maximum Gasteiger partial charge on any atom is 0.0741 e. The van der Waals surface area contributed by atoms with Gasteiger partial charge >= 0.3 is 0 Å². The van der Waals surface area contributed by atoms with Crippen LogP contribution in [0.1, 0.15) is 5.69 Å². The van der Waals surface area contributed by atoms with Crippen LogP contribution in [0.4, 0.5) is 0 Å². The molecule has 0 aliphatic rings. The predicted octanol–water partition coefficient (Wildman–Crippen LogP) is 3.84. The summed E-state index contributed by atoms with van der Waals surface area (Å²) in [6, 6.07) is 5.87. The molecular weight excluding hydrogens is 258 g/mol. The lowest BCUT2D eigenvalue weighted by Crippen LogP contribution is -1.76. The molecule has 0 aliphatic carbocycles. The summed E-state index contributed by atoms with van der Waals surface area (Å²) in [7, 11) is 0. The van der Waals surface area contributed by atoms with E-state index in [1.54, 1.807) is 0 Å². The van der Waals surface area contributed by atoms with Gasteiger partial charge in [-0.2, -0.15) is 4.37 Å². The topological polar surface area (TPSA) is 12.9 Å². The summed E-state index contributed by atoms with van der Waals surface area (Å²) >= 11 is 10.9. The maximum absolute atomic E-state index is 6.03. The van der Waals surface area contributed by atoms with Crippen molar-refractivity contribution in [3.05, 3.63) is 28.9 Å². The third kappa shape index (κ3) is 1.26. The maximum atomic E-state index is 6.03. The van der Waals surface area contributed by atoms with Gasteiger partial charge in [-0.05, 0) is 23.7 Å². The van der Waals surface area contributed by atoms with E-state index < -0.39 is 0 Å². The SMILES string of the molecule is Clc1cccc2snc(CBr)c12. The molecule has 0 fully saturated rings. The number of hydrogen-bond donors (Lipinski definition) is 0. The molecular formula is C8H5BrClNS. The zero-order valence-corrected chi connectivity index (χ0v) is 9.21. The van der Waals surface area contributed by atoms with Gasteiger partial charge in [0.2, 0.25) is 0 Å². The number of fused-ring (bicyclic) bond motifs is 1. The van der Waals surface area contributed by atoms with Crippen LogP contribution in [0.3, 0.4) is 0 Å². The molecule has 0 saturated heterocycles. The highest BCUT2D eigenvalue weighted by atomic mass is 79.9. The van der Waals surface area contributed by atoms with Crippen molar-refractivity contribution in [2.24, 2.45) is 0 Å². The number of nitrogens with zero attached hydrogens (tertiary/aromatic N) is 1. The molecule has 1 aromatic heterocycles. The number of rotatable bonds is 1. The zero-order valence-electron chi connectivity index (χ0n) is 6.05. The molecule has 2 aromatic rings. The summed E-state index contributed by atoms with van der Waals surface area (Å²) in [4.78, 5) is 0. The number of aromatic nitrogens is 1. The van der Waals surface area contributed by atoms with Crippen LogP contribution in [-0.4, -0.2) is 4.37 Å². The van der Waals surface area contributed by atoms with Crippen LogP contribution in [0, 0.1) is 0 Å². The average Bonchev–Trinajstić information content (AvgIpc) is 2.49. The fourth-order valence-electron chi connectivity index (χ4n) is 1.10. The lowest BCUT2D eigenvalue weighted by atomic mass is 10.2. The third-order valence-electron chi connectivity index (χ3n) is 1.64. The van der Waals surface area contributed by atoms with Crippen molar-refractivity contribution in [1.82, 2.24) is 4.37 Å². The van der Waals surface area contributed by atoms with Crippen molar-refractivity contribution in [2.45, 2.75) is 5.33 Å². The summed E-state index contributed by atoms with van der Waals surface area (Å²) in [6.45, 7) is 0. The number of alkyl halides is 1. The molecule has 2 rings (SSSR count). The van der Waals surface area contributed by atoms with Gasteiger partial charge in [0.1, 0.15) is 0 Å². The number of benzene rings is 1. The first kappa shape index (κ1) is 8.48. The van der Waals surface area contributed by atoms with Crippen LogP contribution in [-0.2, 0) is 5.33 Å². The molecule has 1 aromatic carbocycles. The Labute approximate surface area is 87.6 Å². The number of hydrogen-bond acceptors (Lipinski definition) is 2. The Kier molecular flexibility index (Phi) is 2.35. The molecule has 0 N–H and O–H groups in total. The summed E-state index contributed by atoms with van der Waals surface area (Å²) in [5, 5.41) is 2.63. The van der Waals surface area contributed by atoms with Crippen LogP contribution < -0.4 is 0 Å². The normalized spacial score (nSPS) is 10.8. The third-order valence-corrected chi connectivity index (χ3v) is 3.34. The molecule has 0 atom stereocenters. The molecule has 0 radical (unpaired) electrons. The van der Waals surface area contributed by atoms with Gasteiger partial charge < -0.3 is 0 Å². The van der Waals surface area contributed by atoms with Gasteiger partial charge in [-0.15, -0.1) is 0 Å². The van der Waals surface area contributed by atoms with Gasteiger partial charge in [0.05, 0.1) is 15.4 Å². The van der Waals surface area contributed by atoms with Gasteiger partial charge in [-0.1, -0.05) is 33.6 Å². The lowest BCUT2D eigenvalue weighted by molar-refractivity contribution is 1.35. The standard InChI is InChI=1S/C8H5BrClNS/c9-4-6-8-5(10)2-1-3-7(8)12-11-6/h1-3H,4H2. The summed E-state index contributed by atoms with van der Waals surface area (Å²) in [6.07, 6.45) is 0. The Morgan fingerprint density at radius 1 is 1.50 bits per heavy atom. The fraction of sp³-hybridized carbons (Fsp3) is 0.125. The van der Waals surface area contributed by atoms with E-state index in [0.717, 1.165) is 26.1 Å². The molecule has 1 nitrogen and oxygen atoms in total. The Morgan fingerprint density at radius 3 is 3.08 bits per heavy atom. The minimum absolute atomic E-state index is 0.761. The first-order chi connectivity index (χ1) is 5.83. The summed E-state index contributed by atoms with van der Waals surface area (Å²) in [5.41, 5.74) is 1.03. The van der Waals surface area contributed by atoms with Gasteiger partial charge in [0.25, 0.3) is 0 Å². The Bertz CT molecular complexity index is 412. The molecule has 0 amide bonds. The molecule has 1 heterocycles. The highest BCUT2D eigenvalue weighted by molar-refractivity contribution is 9.08. The van der Waals surface area contributed by atoms with E-state index in [0.29, 0.717) is 0 Å². The molecule has 4 heteroatoms. The molecule has 12 heavy (non-hydrogen) atoms. The summed E-state index contributed by atoms with van der Waals surface area (Å²) in [5.74, 6) is 0. The first-order valence-corrected chi connectivity index (χ1v) is 5.69. The quantitative estimate of drug-likeness (QED) is 0.712. The van der Waals surface area contributed by atoms with Crippen molar-refractivity contribution >= 4 is 49.1 Å². The zero-order chi connectivity index (χ0) is 8.55. The Morgan fingerprint density at radius 2 is 2.33 bits per heavy atom. The van der Waals surface area contributed by atoms with E-state index in [-0.39, 0.29) is 0 Å². The van der Waals surface area contributed by atoms with Gasteiger partial charge in [-0.25, -0.2) is 0 Å². The van der Waals surface area contributed by atoms with E-state index in [2.05, 4.69) is 20.3 Å². The van der Waals surface area contributed by atoms with Crippen LogP contribution in [0.25, 0.3) is 10.1 Å². The fourth-order valence-corrected chi connectivity index (χ4v) is 2.84. The Hall–Kier alpha value is -0.120. The molecule has 0 saturated carbocycles. The highest BCUT2D eigenvalue weighted by Gasteiger charge is 2.07. The second-order valence-corrected chi connectivity index (χ2v) is 4.15. The van der Waals surface area contributed by atoms with E-state index in [4.69, 9.17) is 11.6 Å². The monoisotopic (exact) mass is 261 g/mol. The first-order valence-electron chi connectivity index (χ1n) is 3.41. The smallest absolute Gasteiger partial charge is 0.0741 e. The van der Waals surface area contributed by atoms with E-state index in [1.807, 2.05) is 18.2 Å².